The van der Waals surface area contributed by atoms with Gasteiger partial charge in [0.2, 0.25) is 0 Å². The van der Waals surface area contributed by atoms with Crippen LogP contribution >= 0.6 is 11.3 Å². The van der Waals surface area contributed by atoms with Gasteiger partial charge in [0.25, 0.3) is 0 Å². The predicted molar refractivity (Wildman–Crippen MR) is 184 cm³/mol. The average Bonchev–Trinajstić information content (AvgIpc) is 3.64. The molecule has 2 aromatic heterocycles. The number of furan rings is 1. The summed E-state index contributed by atoms with van der Waals surface area (Å²) in [5.41, 5.74) is 7.51. The maximum atomic E-state index is 6.56. The SMILES string of the molecule is c1ccc(N(c2cccc(-c3ccc4c(c3)sc3ccccc34)c2)c2cccc3oc4c5ccccc5ccc4c23)cc1. The Morgan fingerprint density at radius 2 is 1.19 bits per heavy atom. The summed E-state index contributed by atoms with van der Waals surface area (Å²) in [5, 5.41) is 7.19. The van der Waals surface area contributed by atoms with Crippen LogP contribution in [0.4, 0.5) is 17.1 Å². The van der Waals surface area contributed by atoms with E-state index < -0.39 is 0 Å². The van der Waals surface area contributed by atoms with Crippen molar-refractivity contribution in [2.45, 2.75) is 0 Å². The third-order valence-electron chi connectivity index (χ3n) is 8.44. The third kappa shape index (κ3) is 3.86. The van der Waals surface area contributed by atoms with Gasteiger partial charge < -0.3 is 9.32 Å². The Kier molecular flexibility index (Phi) is 5.40. The Morgan fingerprint density at radius 3 is 2.12 bits per heavy atom. The number of nitrogens with zero attached hydrogens (tertiary/aromatic N) is 1. The van der Waals surface area contributed by atoms with Crippen molar-refractivity contribution < 1.29 is 4.42 Å². The fourth-order valence-corrected chi connectivity index (χ4v) is 7.60. The Labute approximate surface area is 252 Å². The summed E-state index contributed by atoms with van der Waals surface area (Å²) in [5.74, 6) is 0. The number of rotatable bonds is 4. The van der Waals surface area contributed by atoms with Crippen molar-refractivity contribution in [2.24, 2.45) is 0 Å². The summed E-state index contributed by atoms with van der Waals surface area (Å²) in [6, 6.07) is 54.2. The Bertz CT molecular complexity index is 2470. The number of thiophene rings is 1. The van der Waals surface area contributed by atoms with Crippen LogP contribution in [-0.2, 0) is 0 Å². The number of benzene rings is 7. The second-order valence-corrected chi connectivity index (χ2v) is 12.0. The number of para-hydroxylation sites is 1. The molecule has 0 atom stereocenters. The molecule has 0 unspecified atom stereocenters. The van der Waals surface area contributed by atoms with E-state index in [2.05, 4.69) is 157 Å². The molecule has 0 saturated carbocycles. The standard InChI is InChI=1S/C40H25NOS/c1-2-12-29(13-3-1)41(35-17-9-18-36-39(35)34-23-20-26-10-4-5-15-31(26)40(34)42-36)30-14-8-11-27(24-30)28-21-22-33-32-16-6-7-19-37(32)43-38(33)25-28/h1-25H. The van der Waals surface area contributed by atoms with Gasteiger partial charge in [-0.25, -0.2) is 0 Å². The van der Waals surface area contributed by atoms with Crippen molar-refractivity contribution in [1.29, 1.82) is 0 Å². The minimum absolute atomic E-state index is 0.885. The van der Waals surface area contributed by atoms with E-state index in [1.165, 1.54) is 36.7 Å². The zero-order valence-electron chi connectivity index (χ0n) is 23.2. The van der Waals surface area contributed by atoms with Crippen molar-refractivity contribution in [2.75, 3.05) is 4.90 Å². The first-order valence-electron chi connectivity index (χ1n) is 14.5. The molecule has 0 saturated heterocycles. The molecule has 2 nitrogen and oxygen atoms in total. The van der Waals surface area contributed by atoms with Crippen LogP contribution in [0, 0.1) is 0 Å². The second kappa shape index (κ2) is 9.59. The van der Waals surface area contributed by atoms with Crippen molar-refractivity contribution >= 4 is 81.3 Å². The largest absolute Gasteiger partial charge is 0.455 e. The zero-order chi connectivity index (χ0) is 28.3. The number of hydrogen-bond donors (Lipinski definition) is 0. The molecule has 9 rings (SSSR count). The van der Waals surface area contributed by atoms with Gasteiger partial charge in [-0.2, -0.15) is 0 Å². The maximum absolute atomic E-state index is 6.56. The third-order valence-corrected chi connectivity index (χ3v) is 9.57. The van der Waals surface area contributed by atoms with E-state index >= 15 is 0 Å². The van der Waals surface area contributed by atoms with Gasteiger partial charge in [0.15, 0.2) is 0 Å². The summed E-state index contributed by atoms with van der Waals surface area (Å²) < 4.78 is 9.20. The fraction of sp³-hybridized carbons (Fsp3) is 0. The lowest BCUT2D eigenvalue weighted by Crippen LogP contribution is -2.10. The van der Waals surface area contributed by atoms with Gasteiger partial charge in [-0.1, -0.05) is 97.1 Å². The lowest BCUT2D eigenvalue weighted by atomic mass is 10.0. The van der Waals surface area contributed by atoms with E-state index in [1.807, 2.05) is 11.3 Å². The van der Waals surface area contributed by atoms with Crippen molar-refractivity contribution in [3.05, 3.63) is 152 Å². The maximum Gasteiger partial charge on any atom is 0.143 e. The molecule has 0 fully saturated rings. The van der Waals surface area contributed by atoms with E-state index in [0.717, 1.165) is 44.4 Å². The minimum atomic E-state index is 0.885. The highest BCUT2D eigenvalue weighted by Crippen LogP contribution is 2.45. The van der Waals surface area contributed by atoms with Crippen LogP contribution < -0.4 is 4.90 Å². The van der Waals surface area contributed by atoms with Crippen LogP contribution in [0.5, 0.6) is 0 Å². The molecule has 9 aromatic rings. The van der Waals surface area contributed by atoms with E-state index in [0.29, 0.717) is 0 Å². The first-order valence-corrected chi connectivity index (χ1v) is 15.3. The molecule has 7 aromatic carbocycles. The van der Waals surface area contributed by atoms with E-state index in [9.17, 15) is 0 Å². The van der Waals surface area contributed by atoms with E-state index in [-0.39, 0.29) is 0 Å². The molecular weight excluding hydrogens is 543 g/mol. The highest BCUT2D eigenvalue weighted by molar-refractivity contribution is 7.25. The first kappa shape index (κ1) is 24.2. The van der Waals surface area contributed by atoms with Crippen LogP contribution in [0.15, 0.2) is 156 Å². The molecule has 43 heavy (non-hydrogen) atoms. The number of fused-ring (bicyclic) bond motifs is 8. The van der Waals surface area contributed by atoms with Crippen LogP contribution in [-0.4, -0.2) is 0 Å². The second-order valence-electron chi connectivity index (χ2n) is 10.9. The quantitative estimate of drug-likeness (QED) is 0.210. The van der Waals surface area contributed by atoms with Gasteiger partial charge in [-0.05, 0) is 71.1 Å². The summed E-state index contributed by atoms with van der Waals surface area (Å²) in [6.45, 7) is 0. The molecule has 0 spiro atoms. The van der Waals surface area contributed by atoms with Crippen molar-refractivity contribution in [3.63, 3.8) is 0 Å². The summed E-state index contributed by atoms with van der Waals surface area (Å²) in [7, 11) is 0. The van der Waals surface area contributed by atoms with Gasteiger partial charge in [0.05, 0.1) is 11.1 Å². The van der Waals surface area contributed by atoms with E-state index in [4.69, 9.17) is 4.42 Å². The van der Waals surface area contributed by atoms with E-state index in [1.54, 1.807) is 0 Å². The Morgan fingerprint density at radius 1 is 0.465 bits per heavy atom. The molecule has 0 aliphatic heterocycles. The lowest BCUT2D eigenvalue weighted by Gasteiger charge is -2.26. The summed E-state index contributed by atoms with van der Waals surface area (Å²) >= 11 is 1.86. The molecule has 0 aliphatic carbocycles. The van der Waals surface area contributed by atoms with Gasteiger partial charge in [0.1, 0.15) is 11.2 Å². The molecule has 202 valence electrons. The fourth-order valence-electron chi connectivity index (χ4n) is 6.46. The lowest BCUT2D eigenvalue weighted by molar-refractivity contribution is 0.672. The predicted octanol–water partition coefficient (Wildman–Crippen LogP) is 12.2. The molecule has 0 amide bonds. The number of hydrogen-bond acceptors (Lipinski definition) is 3. The van der Waals surface area contributed by atoms with Crippen molar-refractivity contribution in [3.8, 4) is 11.1 Å². The molecular formula is C40H25NOS. The zero-order valence-corrected chi connectivity index (χ0v) is 24.0. The van der Waals surface area contributed by atoms with Crippen LogP contribution in [0.2, 0.25) is 0 Å². The highest BCUT2D eigenvalue weighted by atomic mass is 32.1. The molecule has 0 bridgehead atoms. The van der Waals surface area contributed by atoms with Gasteiger partial charge in [-0.3, -0.25) is 0 Å². The summed E-state index contributed by atoms with van der Waals surface area (Å²) in [4.78, 5) is 2.36. The van der Waals surface area contributed by atoms with Gasteiger partial charge in [-0.15, -0.1) is 11.3 Å². The normalized spacial score (nSPS) is 11.7. The molecule has 2 heterocycles. The van der Waals surface area contributed by atoms with Gasteiger partial charge >= 0.3 is 0 Å². The first-order chi connectivity index (χ1) is 21.3. The molecule has 0 N–H and O–H groups in total. The Hall–Kier alpha value is -5.38. The average molecular weight is 568 g/mol. The Balaban J connectivity index is 1.25. The topological polar surface area (TPSA) is 16.4 Å². The summed E-state index contributed by atoms with van der Waals surface area (Å²) in [6.07, 6.45) is 0. The number of anilines is 3. The molecule has 0 radical (unpaired) electrons. The van der Waals surface area contributed by atoms with Crippen LogP contribution in [0.3, 0.4) is 0 Å². The smallest absolute Gasteiger partial charge is 0.143 e. The molecule has 0 aliphatic rings. The monoisotopic (exact) mass is 567 g/mol. The van der Waals surface area contributed by atoms with Crippen LogP contribution in [0.25, 0.3) is 64.0 Å². The highest BCUT2D eigenvalue weighted by Gasteiger charge is 2.20. The minimum Gasteiger partial charge on any atom is -0.455 e. The molecule has 3 heteroatoms. The van der Waals surface area contributed by atoms with Crippen LogP contribution in [0.1, 0.15) is 0 Å². The van der Waals surface area contributed by atoms with Crippen molar-refractivity contribution in [1.82, 2.24) is 0 Å². The van der Waals surface area contributed by atoms with Gasteiger partial charge in [0, 0.05) is 42.3 Å².